The molecule has 2 aromatic heterocycles. The molecule has 2 amide bonds. The number of anilines is 1. The maximum Gasteiger partial charge on any atom is 0.330 e. The first kappa shape index (κ1) is 30.7. The van der Waals surface area contributed by atoms with Gasteiger partial charge in [0.2, 0.25) is 11.8 Å². The van der Waals surface area contributed by atoms with Crippen LogP contribution in [0.25, 0.3) is 22.4 Å². The van der Waals surface area contributed by atoms with Crippen molar-refractivity contribution in [2.75, 3.05) is 25.6 Å². The van der Waals surface area contributed by atoms with Gasteiger partial charge in [-0.05, 0) is 36.6 Å². The summed E-state index contributed by atoms with van der Waals surface area (Å²) in [5.41, 5.74) is 1.57. The zero-order chi connectivity index (χ0) is 32.7. The summed E-state index contributed by atoms with van der Waals surface area (Å²) < 4.78 is 29.9. The van der Waals surface area contributed by atoms with Crippen LogP contribution < -0.4 is 36.7 Å². The predicted octanol–water partition coefficient (Wildman–Crippen LogP) is 2.82. The number of aromatic nitrogens is 3. The van der Waals surface area contributed by atoms with Crippen LogP contribution in [0.15, 0.2) is 58.3 Å². The topological polar surface area (TPSA) is 146 Å². The maximum absolute atomic E-state index is 16.3. The van der Waals surface area contributed by atoms with Crippen LogP contribution in [0, 0.1) is 12.7 Å². The van der Waals surface area contributed by atoms with E-state index in [-0.39, 0.29) is 34.7 Å². The number of amides is 2. The van der Waals surface area contributed by atoms with E-state index in [1.807, 2.05) is 0 Å². The molecule has 0 spiro atoms. The smallest absolute Gasteiger partial charge is 0.330 e. The number of methoxy groups -OCH3 is 1. The Morgan fingerprint density at radius 1 is 1.13 bits per heavy atom. The van der Waals surface area contributed by atoms with E-state index >= 15 is 4.39 Å². The van der Waals surface area contributed by atoms with Gasteiger partial charge in [0.15, 0.2) is 0 Å². The monoisotopic (exact) mass is 628 g/mol. The van der Waals surface area contributed by atoms with Crippen LogP contribution in [-0.4, -0.2) is 52.2 Å². The molecule has 0 bridgehead atoms. The van der Waals surface area contributed by atoms with Gasteiger partial charge in [0, 0.05) is 62.2 Å². The molecule has 0 radical (unpaired) electrons. The van der Waals surface area contributed by atoms with Crippen molar-refractivity contribution in [3.05, 3.63) is 92.0 Å². The highest BCUT2D eigenvalue weighted by Gasteiger charge is 2.32. The van der Waals surface area contributed by atoms with Crippen LogP contribution in [0.2, 0.25) is 0 Å². The molecule has 4 aromatic rings. The van der Waals surface area contributed by atoms with Gasteiger partial charge in [-0.25, -0.2) is 14.2 Å². The normalized spacial score (nSPS) is 16.9. The highest BCUT2D eigenvalue weighted by Crippen LogP contribution is 2.42. The van der Waals surface area contributed by atoms with Crippen LogP contribution in [-0.2, 0) is 18.9 Å². The summed E-state index contributed by atoms with van der Waals surface area (Å²) in [6.45, 7) is 2.65. The number of aryl methyl sites for hydroxylation is 1. The molecule has 4 heterocycles. The lowest BCUT2D eigenvalue weighted by Gasteiger charge is -2.18. The third-order valence-electron chi connectivity index (χ3n) is 8.47. The number of pyridine rings is 1. The molecule has 0 unspecified atom stereocenters. The van der Waals surface area contributed by atoms with Gasteiger partial charge in [0.05, 0.1) is 24.4 Å². The minimum absolute atomic E-state index is 0.0443. The highest BCUT2D eigenvalue weighted by molar-refractivity contribution is 6.04. The second-order valence-corrected chi connectivity index (χ2v) is 11.4. The first-order chi connectivity index (χ1) is 22.1. The summed E-state index contributed by atoms with van der Waals surface area (Å²) in [5, 5.41) is 9.10. The molecule has 6 rings (SSSR count). The number of hydrogen-bond acceptors (Lipinski definition) is 8. The SMILES string of the molecule is COc1nc(-c2cccc(-c3cccc(NC(=O)c4cn(C)c(=O)n(C)c4=O)c3C)c2F)cc2c1[C@@H](NC[C@@H]1CCC(=O)N1)CO2. The average molecular weight is 629 g/mol. The van der Waals surface area contributed by atoms with Gasteiger partial charge >= 0.3 is 5.69 Å². The number of nitrogens with zero attached hydrogens (tertiary/aromatic N) is 3. The zero-order valence-electron chi connectivity index (χ0n) is 25.8. The second-order valence-electron chi connectivity index (χ2n) is 11.4. The largest absolute Gasteiger partial charge is 0.491 e. The molecule has 0 aliphatic carbocycles. The van der Waals surface area contributed by atoms with Crippen molar-refractivity contribution < 1.29 is 23.5 Å². The molecule has 3 N–H and O–H groups in total. The minimum Gasteiger partial charge on any atom is -0.491 e. The number of carbonyl (C=O) groups excluding carboxylic acids is 2. The standard InChI is InChI=1S/C33H33FN6O6/c1-17-19(7-6-10-23(17)37-30(42)22-15-39(2)33(44)40(3)32(22)43)20-8-5-9-21(29(20)34)24-13-26-28(31(38-24)45-4)25(16-46-26)35-14-18-11-12-27(41)36-18/h5-10,13,15,18,25,35H,11-12,14,16H2,1-4H3,(H,36,41)(H,37,42)/t18-,25-/m0/s1. The Balaban J connectivity index is 1.29. The fraction of sp³-hybridized carbons (Fsp3) is 0.303. The molecule has 1 saturated heterocycles. The van der Waals surface area contributed by atoms with Crippen LogP contribution >= 0.6 is 0 Å². The van der Waals surface area contributed by atoms with E-state index in [0.717, 1.165) is 21.1 Å². The van der Waals surface area contributed by atoms with E-state index in [0.29, 0.717) is 53.7 Å². The first-order valence-electron chi connectivity index (χ1n) is 14.8. The summed E-state index contributed by atoms with van der Waals surface area (Å²) in [7, 11) is 4.25. The molecule has 46 heavy (non-hydrogen) atoms. The lowest BCUT2D eigenvalue weighted by atomic mass is 9.95. The number of carbonyl (C=O) groups is 2. The van der Waals surface area contributed by atoms with E-state index in [2.05, 4.69) is 20.9 Å². The van der Waals surface area contributed by atoms with Crippen molar-refractivity contribution in [1.29, 1.82) is 0 Å². The fourth-order valence-corrected chi connectivity index (χ4v) is 5.93. The van der Waals surface area contributed by atoms with Gasteiger partial charge in [-0.2, -0.15) is 0 Å². The van der Waals surface area contributed by atoms with E-state index in [1.54, 1.807) is 49.4 Å². The van der Waals surface area contributed by atoms with Crippen LogP contribution in [0.5, 0.6) is 11.6 Å². The number of hydrogen-bond donors (Lipinski definition) is 3. The third kappa shape index (κ3) is 5.53. The Kier molecular flexibility index (Phi) is 8.17. The predicted molar refractivity (Wildman–Crippen MR) is 169 cm³/mol. The molecule has 2 aromatic carbocycles. The van der Waals surface area contributed by atoms with Crippen molar-refractivity contribution in [2.24, 2.45) is 14.1 Å². The molecule has 2 atom stereocenters. The number of rotatable bonds is 8. The lowest BCUT2D eigenvalue weighted by Crippen LogP contribution is -2.40. The van der Waals surface area contributed by atoms with Crippen molar-refractivity contribution >= 4 is 17.5 Å². The van der Waals surface area contributed by atoms with Gasteiger partial charge in [0.1, 0.15) is 23.7 Å². The molecule has 12 nitrogen and oxygen atoms in total. The maximum atomic E-state index is 16.3. The Morgan fingerprint density at radius 2 is 1.87 bits per heavy atom. The Morgan fingerprint density at radius 3 is 2.61 bits per heavy atom. The first-order valence-corrected chi connectivity index (χ1v) is 14.8. The summed E-state index contributed by atoms with van der Waals surface area (Å²) in [6.07, 6.45) is 2.47. The van der Waals surface area contributed by atoms with E-state index in [1.165, 1.54) is 27.4 Å². The van der Waals surface area contributed by atoms with Gasteiger partial charge in [-0.15, -0.1) is 0 Å². The molecule has 2 aliphatic heterocycles. The highest BCUT2D eigenvalue weighted by atomic mass is 19.1. The number of fused-ring (bicyclic) bond motifs is 1. The molecular weight excluding hydrogens is 595 g/mol. The van der Waals surface area contributed by atoms with Gasteiger partial charge < -0.3 is 30.0 Å². The summed E-state index contributed by atoms with van der Waals surface area (Å²) in [5.74, 6) is -0.331. The van der Waals surface area contributed by atoms with E-state index < -0.39 is 23.0 Å². The van der Waals surface area contributed by atoms with Gasteiger partial charge in [-0.1, -0.05) is 24.3 Å². The minimum atomic E-state index is -0.723. The second kappa shape index (κ2) is 12.2. The van der Waals surface area contributed by atoms with Crippen molar-refractivity contribution in [1.82, 2.24) is 24.8 Å². The molecule has 2 aliphatic rings. The average Bonchev–Trinajstić information content (AvgIpc) is 3.66. The molecular formula is C33H33FN6O6. The van der Waals surface area contributed by atoms with E-state index in [9.17, 15) is 19.2 Å². The third-order valence-corrected chi connectivity index (χ3v) is 8.47. The van der Waals surface area contributed by atoms with Crippen LogP contribution in [0.3, 0.4) is 0 Å². The van der Waals surface area contributed by atoms with Crippen molar-refractivity contribution in [2.45, 2.75) is 31.8 Å². The summed E-state index contributed by atoms with van der Waals surface area (Å²) >= 11 is 0. The Bertz CT molecular complexity index is 2000. The number of halogens is 1. The fourth-order valence-electron chi connectivity index (χ4n) is 5.93. The Hall–Kier alpha value is -5.30. The van der Waals surface area contributed by atoms with Crippen molar-refractivity contribution in [3.63, 3.8) is 0 Å². The molecule has 13 heteroatoms. The number of benzene rings is 2. The molecule has 238 valence electrons. The zero-order valence-corrected chi connectivity index (χ0v) is 25.8. The Labute approximate surface area is 263 Å². The number of ether oxygens (including phenoxy) is 2. The van der Waals surface area contributed by atoms with Gasteiger partial charge in [-0.3, -0.25) is 19.0 Å². The van der Waals surface area contributed by atoms with E-state index in [4.69, 9.17) is 9.47 Å². The molecule has 0 saturated carbocycles. The summed E-state index contributed by atoms with van der Waals surface area (Å²) in [4.78, 5) is 54.0. The van der Waals surface area contributed by atoms with Crippen LogP contribution in [0.1, 0.15) is 40.4 Å². The van der Waals surface area contributed by atoms with Crippen molar-refractivity contribution in [3.8, 4) is 34.0 Å². The number of nitrogens with one attached hydrogen (secondary N) is 3. The molecule has 1 fully saturated rings. The lowest BCUT2D eigenvalue weighted by molar-refractivity contribution is -0.119. The quantitative estimate of drug-likeness (QED) is 0.270. The van der Waals surface area contributed by atoms with Gasteiger partial charge in [0.25, 0.3) is 11.5 Å². The summed E-state index contributed by atoms with van der Waals surface area (Å²) in [6, 6.07) is 11.6. The van der Waals surface area contributed by atoms with Crippen LogP contribution in [0.4, 0.5) is 10.1 Å².